The zero-order valence-electron chi connectivity index (χ0n) is 38.6. The number of nitrogens with one attached hydrogen (secondary N) is 5. The summed E-state index contributed by atoms with van der Waals surface area (Å²) in [5, 5.41) is 8.26. The van der Waals surface area contributed by atoms with E-state index in [0.717, 1.165) is 17.8 Å². The largest absolute Gasteiger partial charge is 0.469 e. The van der Waals surface area contributed by atoms with E-state index in [1.54, 1.807) is 14.0 Å². The van der Waals surface area contributed by atoms with E-state index in [-0.39, 0.29) is 72.1 Å². The summed E-state index contributed by atoms with van der Waals surface area (Å²) in [5.74, 6) is -3.65. The second-order valence-electron chi connectivity index (χ2n) is 17.1. The van der Waals surface area contributed by atoms with Gasteiger partial charge in [0.15, 0.2) is 5.78 Å². The highest BCUT2D eigenvalue weighted by Gasteiger charge is 2.35. The van der Waals surface area contributed by atoms with E-state index in [2.05, 4.69) is 39.8 Å². The number of amides is 4. The number of methoxy groups -OCH3 is 1. The zero-order valence-corrected chi connectivity index (χ0v) is 39.5. The van der Waals surface area contributed by atoms with Crippen LogP contribution in [0.4, 0.5) is 0 Å². The minimum atomic E-state index is -4.42. The standard InChI is InChI=1S/C46H62N8O10S/c1-10-30-24(2)33-22-38-42(28(6)56)26(4)35(51-38)20-34-25(3)31(12-14-40(58)49-29(11-13-39(57)47-7)15-17-54(8)23-55)44(52-34)32(19-41(59)64-9)45-43(46(60)48-16-18-65(61,62)63)27(5)36(53-45)21-37(30)50-33/h20-25,29-31,51,53H,10-19H2,1-9H3,(H,47,57)(H,48,60)(H,49,58)(H,61,62,63)/t24?,25?,29?,30-,31+/m1/s1. The molecule has 3 aromatic heterocycles. The van der Waals surface area contributed by atoms with Crippen LogP contribution in [0.1, 0.15) is 150 Å². The first-order chi connectivity index (χ1) is 30.7. The number of nitrogens with zero attached hydrogens (tertiary/aromatic N) is 3. The Kier molecular flexibility index (Phi) is 16.4. The summed E-state index contributed by atoms with van der Waals surface area (Å²) in [6.07, 6.45) is 2.21. The molecule has 352 valence electrons. The van der Waals surface area contributed by atoms with Crippen LogP contribution in [0.2, 0.25) is 0 Å². The van der Waals surface area contributed by atoms with Gasteiger partial charge in [0.1, 0.15) is 0 Å². The number of rotatable bonds is 19. The Balaban J connectivity index is 1.80. The average molecular weight is 919 g/mol. The Bertz CT molecular complexity index is 2620. The van der Waals surface area contributed by atoms with Crippen LogP contribution < -0.4 is 16.0 Å². The van der Waals surface area contributed by atoms with Crippen molar-refractivity contribution in [3.05, 3.63) is 68.8 Å². The van der Waals surface area contributed by atoms with Crippen molar-refractivity contribution < 1.29 is 46.5 Å². The van der Waals surface area contributed by atoms with E-state index in [0.29, 0.717) is 76.0 Å². The van der Waals surface area contributed by atoms with E-state index in [1.165, 1.54) is 26.0 Å². The predicted molar refractivity (Wildman–Crippen MR) is 245 cm³/mol. The maximum Gasteiger partial charge on any atom is 0.310 e. The summed E-state index contributed by atoms with van der Waals surface area (Å²) in [5.41, 5.74) is 6.56. The molecule has 2 aliphatic rings. The van der Waals surface area contributed by atoms with Crippen LogP contribution in [-0.2, 0) is 40.5 Å². The maximum atomic E-state index is 14.3. The smallest absolute Gasteiger partial charge is 0.310 e. The third-order valence-corrected chi connectivity index (χ3v) is 13.5. The van der Waals surface area contributed by atoms with Crippen molar-refractivity contribution in [3.63, 3.8) is 0 Å². The van der Waals surface area contributed by atoms with Gasteiger partial charge in [-0.05, 0) is 75.8 Å². The number of carbonyl (C=O) groups is 6. The Morgan fingerprint density at radius 2 is 1.54 bits per heavy atom. The number of aromatic amines is 2. The molecule has 3 unspecified atom stereocenters. The van der Waals surface area contributed by atoms with Gasteiger partial charge in [0, 0.05) is 109 Å². The number of aryl methyl sites for hydroxylation is 2. The number of hydrogen-bond acceptors (Lipinski definition) is 11. The number of esters is 1. The molecule has 3 aromatic rings. The van der Waals surface area contributed by atoms with E-state index in [1.807, 2.05) is 32.0 Å². The van der Waals surface area contributed by atoms with Crippen molar-refractivity contribution >= 4 is 68.1 Å². The lowest BCUT2D eigenvalue weighted by molar-refractivity contribution is -0.139. The second kappa shape index (κ2) is 21.4. The SMILES string of the molecule is CC[C@H]1c2cc3[nH]c(c(CC(=O)OC)c4nc(cc5[nH]c(cc(n2)C1C)c(C(C)=O)c5C)C(C)[C@@H]4CCC(=O)NC(CCC(=O)NC)CCN(C)C=O)c(C(=O)NCCS(=O)(=O)O)c3C. The molecule has 18 nitrogen and oxygen atoms in total. The molecular weight excluding hydrogens is 857 g/mol. The predicted octanol–water partition coefficient (Wildman–Crippen LogP) is 4.92. The van der Waals surface area contributed by atoms with Gasteiger partial charge >= 0.3 is 5.97 Å². The molecule has 4 amide bonds. The quantitative estimate of drug-likeness (QED) is 0.0405. The Morgan fingerprint density at radius 1 is 0.908 bits per heavy atom. The van der Waals surface area contributed by atoms with Crippen LogP contribution in [0.3, 0.4) is 0 Å². The van der Waals surface area contributed by atoms with Crippen LogP contribution in [0.25, 0.3) is 22.1 Å². The number of H-pyrrole nitrogens is 2. The molecule has 5 rings (SSSR count). The Morgan fingerprint density at radius 3 is 2.17 bits per heavy atom. The molecule has 5 heterocycles. The number of ether oxygens (including phenoxy) is 1. The van der Waals surface area contributed by atoms with Gasteiger partial charge in [0.2, 0.25) is 18.2 Å². The summed E-state index contributed by atoms with van der Waals surface area (Å²) >= 11 is 0. The highest BCUT2D eigenvalue weighted by atomic mass is 32.2. The van der Waals surface area contributed by atoms with Gasteiger partial charge in [0.25, 0.3) is 16.0 Å². The van der Waals surface area contributed by atoms with Crippen molar-refractivity contribution in [2.75, 3.05) is 40.0 Å². The second-order valence-corrected chi connectivity index (χ2v) is 18.7. The first-order valence-electron chi connectivity index (χ1n) is 21.9. The van der Waals surface area contributed by atoms with Gasteiger partial charge in [-0.3, -0.25) is 43.3 Å². The van der Waals surface area contributed by atoms with Gasteiger partial charge in [-0.1, -0.05) is 20.8 Å². The highest BCUT2D eigenvalue weighted by Crippen LogP contribution is 2.44. The fourth-order valence-corrected chi connectivity index (χ4v) is 9.31. The van der Waals surface area contributed by atoms with Crippen LogP contribution in [-0.4, -0.2) is 120 Å². The lowest BCUT2D eigenvalue weighted by Crippen LogP contribution is -2.38. The third-order valence-electron chi connectivity index (χ3n) is 12.7. The van der Waals surface area contributed by atoms with Gasteiger partial charge in [0.05, 0.1) is 41.6 Å². The van der Waals surface area contributed by atoms with Crippen molar-refractivity contribution in [2.24, 2.45) is 0 Å². The molecule has 0 spiro atoms. The third kappa shape index (κ3) is 11.9. The molecule has 0 fully saturated rings. The normalized spacial score (nSPS) is 17.5. The minimum absolute atomic E-state index is 0.00269. The number of fused-ring (bicyclic) bond motifs is 8. The van der Waals surface area contributed by atoms with Crippen LogP contribution in [0, 0.1) is 13.8 Å². The molecule has 0 radical (unpaired) electrons. The van der Waals surface area contributed by atoms with Crippen molar-refractivity contribution in [3.8, 4) is 0 Å². The highest BCUT2D eigenvalue weighted by molar-refractivity contribution is 7.85. The molecule has 8 bridgehead atoms. The topological polar surface area (TPSA) is 263 Å². The molecular formula is C46H62N8O10S. The van der Waals surface area contributed by atoms with E-state index < -0.39 is 46.3 Å². The van der Waals surface area contributed by atoms with Gasteiger partial charge in [-0.25, -0.2) is 0 Å². The Labute approximate surface area is 379 Å². The van der Waals surface area contributed by atoms with Gasteiger partial charge in [-0.2, -0.15) is 8.42 Å². The van der Waals surface area contributed by atoms with Gasteiger partial charge < -0.3 is 35.6 Å². The summed E-state index contributed by atoms with van der Waals surface area (Å²) in [6.45, 7) is 11.1. The minimum Gasteiger partial charge on any atom is -0.469 e. The first-order valence-corrected chi connectivity index (χ1v) is 23.6. The number of aromatic nitrogens is 4. The lowest BCUT2D eigenvalue weighted by Gasteiger charge is -2.22. The molecule has 6 N–H and O–H groups in total. The lowest BCUT2D eigenvalue weighted by atomic mass is 9.84. The number of hydrogen-bond donors (Lipinski definition) is 6. The molecule has 0 aromatic carbocycles. The summed E-state index contributed by atoms with van der Waals surface area (Å²) in [4.78, 5) is 96.9. The maximum absolute atomic E-state index is 14.3. The summed E-state index contributed by atoms with van der Waals surface area (Å²) in [7, 11) is -0.0104. The Hall–Kier alpha value is -5.95. The van der Waals surface area contributed by atoms with Crippen LogP contribution >= 0.6 is 0 Å². The monoisotopic (exact) mass is 918 g/mol. The number of ketones is 1. The average Bonchev–Trinajstić information content (AvgIpc) is 3.94. The van der Waals surface area contributed by atoms with Crippen LogP contribution in [0.5, 0.6) is 0 Å². The number of carbonyl (C=O) groups excluding carboxylic acids is 6. The fourth-order valence-electron chi connectivity index (χ4n) is 8.95. The van der Waals surface area contributed by atoms with E-state index in [9.17, 15) is 41.7 Å². The molecule has 19 heteroatoms. The van der Waals surface area contributed by atoms with Crippen molar-refractivity contribution in [1.82, 2.24) is 40.8 Å². The summed E-state index contributed by atoms with van der Waals surface area (Å²) < 4.78 is 38.0. The van der Waals surface area contributed by atoms with E-state index in [4.69, 9.17) is 14.7 Å². The summed E-state index contributed by atoms with van der Waals surface area (Å²) in [6, 6.07) is 5.21. The molecule has 0 saturated carbocycles. The molecule has 5 atom stereocenters. The molecule has 2 aliphatic heterocycles. The van der Waals surface area contributed by atoms with Gasteiger partial charge in [-0.15, -0.1) is 0 Å². The number of Topliss-reactive ketones (excluding diaryl/α,β-unsaturated/α-hetero) is 1. The molecule has 65 heavy (non-hydrogen) atoms. The molecule has 0 aliphatic carbocycles. The first kappa shape index (κ1) is 50.1. The zero-order chi connectivity index (χ0) is 47.9. The van der Waals surface area contributed by atoms with Crippen molar-refractivity contribution in [1.29, 1.82) is 0 Å². The van der Waals surface area contributed by atoms with Crippen molar-refractivity contribution in [2.45, 2.75) is 116 Å². The van der Waals surface area contributed by atoms with Crippen LogP contribution in [0.15, 0.2) is 18.2 Å². The molecule has 0 saturated heterocycles. The fraction of sp³-hybridized carbons (Fsp3) is 0.522. The van der Waals surface area contributed by atoms with E-state index >= 15 is 0 Å².